The van der Waals surface area contributed by atoms with Crippen molar-refractivity contribution < 1.29 is 14.3 Å². The molecule has 2 heterocycles. The number of halogens is 1. The van der Waals surface area contributed by atoms with Gasteiger partial charge in [-0.25, -0.2) is 4.98 Å². The van der Waals surface area contributed by atoms with Gasteiger partial charge in [0.25, 0.3) is 5.56 Å². The van der Waals surface area contributed by atoms with Crippen molar-refractivity contribution in [3.05, 3.63) is 74.5 Å². The van der Waals surface area contributed by atoms with E-state index in [2.05, 4.69) is 15.3 Å². The van der Waals surface area contributed by atoms with Crippen LogP contribution in [0.25, 0.3) is 0 Å². The van der Waals surface area contributed by atoms with Crippen LogP contribution in [0.5, 0.6) is 11.5 Å². The highest BCUT2D eigenvalue weighted by Crippen LogP contribution is 2.38. The van der Waals surface area contributed by atoms with E-state index in [1.54, 1.807) is 26.4 Å². The fraction of sp³-hybridized carbons (Fsp3) is 0.227. The molecular formula is C22H20ClN3O4S. The molecule has 0 aliphatic carbocycles. The predicted molar refractivity (Wildman–Crippen MR) is 121 cm³/mol. The Kier molecular flexibility index (Phi) is 6.20. The van der Waals surface area contributed by atoms with Crippen LogP contribution in [0.1, 0.15) is 29.0 Å². The Bertz CT molecular complexity index is 1200. The number of benzene rings is 2. The average Bonchev–Trinajstić information content (AvgIpc) is 2.77. The number of thioether (sulfide) groups is 1. The van der Waals surface area contributed by atoms with Gasteiger partial charge in [0.15, 0.2) is 16.7 Å². The van der Waals surface area contributed by atoms with Crippen molar-refractivity contribution in [3.63, 3.8) is 0 Å². The number of amides is 1. The summed E-state index contributed by atoms with van der Waals surface area (Å²) in [6.07, 6.45) is 0.138. The Hall–Kier alpha value is -2.97. The number of rotatable bonds is 6. The maximum absolute atomic E-state index is 13.0. The van der Waals surface area contributed by atoms with Crippen molar-refractivity contribution >= 4 is 35.1 Å². The molecule has 1 amide bonds. The average molecular weight is 458 g/mol. The molecule has 0 bridgehead atoms. The Balaban J connectivity index is 1.67. The second-order valence-corrected chi connectivity index (χ2v) is 8.30. The first-order chi connectivity index (χ1) is 15.0. The van der Waals surface area contributed by atoms with E-state index in [-0.39, 0.29) is 23.7 Å². The van der Waals surface area contributed by atoms with Gasteiger partial charge in [0.2, 0.25) is 5.91 Å². The van der Waals surface area contributed by atoms with Gasteiger partial charge in [-0.2, -0.15) is 0 Å². The van der Waals surface area contributed by atoms with Gasteiger partial charge in [0.1, 0.15) is 5.82 Å². The Morgan fingerprint density at radius 3 is 2.65 bits per heavy atom. The topological polar surface area (TPSA) is 93.3 Å². The summed E-state index contributed by atoms with van der Waals surface area (Å²) >= 11 is 7.55. The Morgan fingerprint density at radius 1 is 1.13 bits per heavy atom. The van der Waals surface area contributed by atoms with Crippen LogP contribution in [-0.2, 0) is 10.5 Å². The number of nitrogens with zero attached hydrogens (tertiary/aromatic N) is 1. The molecule has 0 fully saturated rings. The lowest BCUT2D eigenvalue weighted by Gasteiger charge is -2.25. The number of anilines is 1. The van der Waals surface area contributed by atoms with Gasteiger partial charge < -0.3 is 19.8 Å². The lowest BCUT2D eigenvalue weighted by Crippen LogP contribution is -2.31. The van der Waals surface area contributed by atoms with Crippen LogP contribution in [0.3, 0.4) is 0 Å². The van der Waals surface area contributed by atoms with E-state index in [0.29, 0.717) is 33.0 Å². The standard InChI is InChI=1S/C22H20ClN3O4S/c1-29-16-8-7-12(9-17(16)30-2)14-10-18(27)24-20-19(14)21(28)26-22(25-20)31-11-13-5-3-4-6-15(13)23/h3-9,14H,10-11H2,1-2H3,(H2,24,25,26,27,28)/t14-/m0/s1. The van der Waals surface area contributed by atoms with Crippen LogP contribution in [0.2, 0.25) is 5.02 Å². The molecule has 31 heavy (non-hydrogen) atoms. The third kappa shape index (κ3) is 4.40. The second-order valence-electron chi connectivity index (χ2n) is 6.93. The van der Waals surface area contributed by atoms with Gasteiger partial charge in [0.05, 0.1) is 19.8 Å². The van der Waals surface area contributed by atoms with Gasteiger partial charge in [-0.05, 0) is 29.3 Å². The van der Waals surface area contributed by atoms with Crippen LogP contribution in [0, 0.1) is 0 Å². The largest absolute Gasteiger partial charge is 0.493 e. The molecule has 1 aliphatic heterocycles. The van der Waals surface area contributed by atoms with E-state index < -0.39 is 5.92 Å². The predicted octanol–water partition coefficient (Wildman–Crippen LogP) is 4.21. The van der Waals surface area contributed by atoms with Crippen LogP contribution >= 0.6 is 23.4 Å². The molecule has 0 unspecified atom stereocenters. The van der Waals surface area contributed by atoms with E-state index in [4.69, 9.17) is 21.1 Å². The van der Waals surface area contributed by atoms with Crippen molar-refractivity contribution in [1.82, 2.24) is 9.97 Å². The smallest absolute Gasteiger partial charge is 0.257 e. The van der Waals surface area contributed by atoms with E-state index in [1.165, 1.54) is 11.8 Å². The van der Waals surface area contributed by atoms with Crippen LogP contribution in [-0.4, -0.2) is 30.1 Å². The molecule has 4 rings (SSSR count). The van der Waals surface area contributed by atoms with E-state index in [1.807, 2.05) is 30.3 Å². The number of carbonyl (C=O) groups is 1. The van der Waals surface area contributed by atoms with E-state index in [9.17, 15) is 9.59 Å². The van der Waals surface area contributed by atoms with Crippen LogP contribution < -0.4 is 20.3 Å². The number of nitrogens with one attached hydrogen (secondary N) is 2. The molecule has 1 aromatic heterocycles. The summed E-state index contributed by atoms with van der Waals surface area (Å²) in [5.74, 6) is 1.28. The highest BCUT2D eigenvalue weighted by molar-refractivity contribution is 7.98. The summed E-state index contributed by atoms with van der Waals surface area (Å²) in [7, 11) is 3.09. The Labute approximate surface area is 188 Å². The van der Waals surface area contributed by atoms with Gasteiger partial charge in [0, 0.05) is 23.1 Å². The number of H-pyrrole nitrogens is 1. The number of ether oxygens (including phenoxy) is 2. The fourth-order valence-corrected chi connectivity index (χ4v) is 4.68. The van der Waals surface area contributed by atoms with Crippen molar-refractivity contribution in [3.8, 4) is 11.5 Å². The molecule has 9 heteroatoms. The van der Waals surface area contributed by atoms with Crippen LogP contribution in [0.4, 0.5) is 5.82 Å². The summed E-state index contributed by atoms with van der Waals surface area (Å²) in [6.45, 7) is 0. The quantitative estimate of drug-likeness (QED) is 0.425. The molecule has 0 radical (unpaired) electrons. The lowest BCUT2D eigenvalue weighted by molar-refractivity contribution is -0.116. The van der Waals surface area contributed by atoms with Crippen molar-refractivity contribution in [1.29, 1.82) is 0 Å². The van der Waals surface area contributed by atoms with Crippen LogP contribution in [0.15, 0.2) is 52.4 Å². The minimum atomic E-state index is -0.442. The third-order valence-corrected chi connectivity index (χ3v) is 6.35. The first-order valence-corrected chi connectivity index (χ1v) is 10.9. The Morgan fingerprint density at radius 2 is 1.90 bits per heavy atom. The number of fused-ring (bicyclic) bond motifs is 1. The highest BCUT2D eigenvalue weighted by Gasteiger charge is 2.31. The van der Waals surface area contributed by atoms with Gasteiger partial charge >= 0.3 is 0 Å². The number of aromatic amines is 1. The fourth-order valence-electron chi connectivity index (χ4n) is 3.53. The summed E-state index contributed by atoms with van der Waals surface area (Å²) in [4.78, 5) is 32.7. The molecule has 0 saturated carbocycles. The number of carbonyl (C=O) groups excluding carboxylic acids is 1. The monoisotopic (exact) mass is 457 g/mol. The zero-order valence-corrected chi connectivity index (χ0v) is 18.5. The summed E-state index contributed by atoms with van der Waals surface area (Å²) in [5.41, 5.74) is 1.85. The maximum Gasteiger partial charge on any atom is 0.257 e. The molecule has 0 spiro atoms. The van der Waals surface area contributed by atoms with Crippen molar-refractivity contribution in [2.45, 2.75) is 23.2 Å². The molecule has 2 N–H and O–H groups in total. The third-order valence-electron chi connectivity index (χ3n) is 5.06. The normalized spacial score (nSPS) is 15.2. The minimum absolute atomic E-state index is 0.138. The highest BCUT2D eigenvalue weighted by atomic mass is 35.5. The number of aromatic nitrogens is 2. The molecule has 160 valence electrons. The number of hydrogen-bond acceptors (Lipinski definition) is 6. The second kappa shape index (κ2) is 9.03. The zero-order chi connectivity index (χ0) is 22.0. The zero-order valence-electron chi connectivity index (χ0n) is 16.9. The molecule has 3 aromatic rings. The minimum Gasteiger partial charge on any atom is -0.493 e. The van der Waals surface area contributed by atoms with E-state index >= 15 is 0 Å². The number of methoxy groups -OCH3 is 2. The molecule has 2 aromatic carbocycles. The van der Waals surface area contributed by atoms with Crippen molar-refractivity contribution in [2.24, 2.45) is 0 Å². The van der Waals surface area contributed by atoms with Gasteiger partial charge in [-0.3, -0.25) is 9.59 Å². The lowest BCUT2D eigenvalue weighted by atomic mass is 9.86. The summed E-state index contributed by atoms with van der Waals surface area (Å²) in [6, 6.07) is 12.9. The molecule has 7 nitrogen and oxygen atoms in total. The number of hydrogen-bond donors (Lipinski definition) is 2. The molecular weight excluding hydrogens is 438 g/mol. The summed E-state index contributed by atoms with van der Waals surface area (Å²) in [5, 5.41) is 3.80. The van der Waals surface area contributed by atoms with Crippen molar-refractivity contribution in [2.75, 3.05) is 19.5 Å². The first kappa shape index (κ1) is 21.3. The molecule has 0 saturated heterocycles. The first-order valence-electron chi connectivity index (χ1n) is 9.52. The van der Waals surface area contributed by atoms with E-state index in [0.717, 1.165) is 11.1 Å². The maximum atomic E-state index is 13.0. The van der Waals surface area contributed by atoms with Gasteiger partial charge in [-0.15, -0.1) is 0 Å². The SMILES string of the molecule is COc1ccc([C@@H]2CC(=O)Nc3nc(SCc4ccccc4Cl)[nH]c(=O)c32)cc1OC. The molecule has 1 aliphatic rings. The summed E-state index contributed by atoms with van der Waals surface area (Å²) < 4.78 is 10.7. The molecule has 1 atom stereocenters. The van der Waals surface area contributed by atoms with Gasteiger partial charge in [-0.1, -0.05) is 47.6 Å².